The predicted molar refractivity (Wildman–Crippen MR) is 46.9 cm³/mol. The summed E-state index contributed by atoms with van der Waals surface area (Å²) < 4.78 is 4.96. The van der Waals surface area contributed by atoms with Gasteiger partial charge in [-0.3, -0.25) is 4.90 Å². The van der Waals surface area contributed by atoms with Crippen molar-refractivity contribution in [3.63, 3.8) is 0 Å². The molecular formula is C8H18N2O2. The van der Waals surface area contributed by atoms with E-state index in [9.17, 15) is 0 Å². The van der Waals surface area contributed by atoms with Gasteiger partial charge in [0.1, 0.15) is 0 Å². The highest BCUT2D eigenvalue weighted by molar-refractivity contribution is 4.93. The molecule has 1 atom stereocenters. The SMILES string of the molecule is COCCN1CCC(N)(CO)C1. The van der Waals surface area contributed by atoms with Gasteiger partial charge in [0.25, 0.3) is 0 Å². The van der Waals surface area contributed by atoms with Crippen molar-refractivity contribution in [1.82, 2.24) is 4.90 Å². The van der Waals surface area contributed by atoms with Gasteiger partial charge in [-0.05, 0) is 6.42 Å². The molecule has 72 valence electrons. The molecule has 0 radical (unpaired) electrons. The van der Waals surface area contributed by atoms with Gasteiger partial charge in [-0.15, -0.1) is 0 Å². The number of hydrogen-bond acceptors (Lipinski definition) is 4. The van der Waals surface area contributed by atoms with Crippen LogP contribution in [-0.2, 0) is 4.74 Å². The van der Waals surface area contributed by atoms with Crippen LogP contribution < -0.4 is 5.73 Å². The lowest BCUT2D eigenvalue weighted by Gasteiger charge is -2.21. The average molecular weight is 174 g/mol. The second-order valence-corrected chi connectivity index (χ2v) is 3.54. The number of aliphatic hydroxyl groups is 1. The van der Waals surface area contributed by atoms with Gasteiger partial charge in [-0.2, -0.15) is 0 Å². The fourth-order valence-corrected chi connectivity index (χ4v) is 1.52. The van der Waals surface area contributed by atoms with Gasteiger partial charge < -0.3 is 15.6 Å². The molecule has 0 amide bonds. The van der Waals surface area contributed by atoms with Crippen LogP contribution in [0.15, 0.2) is 0 Å². The van der Waals surface area contributed by atoms with Crippen LogP contribution in [0.25, 0.3) is 0 Å². The van der Waals surface area contributed by atoms with E-state index in [2.05, 4.69) is 4.90 Å². The second kappa shape index (κ2) is 4.18. The molecule has 3 N–H and O–H groups in total. The van der Waals surface area contributed by atoms with Gasteiger partial charge >= 0.3 is 0 Å². The maximum atomic E-state index is 8.99. The first-order valence-electron chi connectivity index (χ1n) is 4.31. The summed E-state index contributed by atoms with van der Waals surface area (Å²) in [7, 11) is 1.69. The predicted octanol–water partition coefficient (Wildman–Crippen LogP) is -0.972. The highest BCUT2D eigenvalue weighted by Gasteiger charge is 2.33. The Kier molecular flexibility index (Phi) is 3.46. The largest absolute Gasteiger partial charge is 0.394 e. The van der Waals surface area contributed by atoms with Crippen LogP contribution in [0.5, 0.6) is 0 Å². The number of rotatable bonds is 4. The molecule has 1 saturated heterocycles. The third-order valence-electron chi connectivity index (χ3n) is 2.39. The summed E-state index contributed by atoms with van der Waals surface area (Å²) in [5.74, 6) is 0. The molecule has 1 aliphatic rings. The van der Waals surface area contributed by atoms with Crippen LogP contribution in [0.3, 0.4) is 0 Å². The number of likely N-dealkylation sites (tertiary alicyclic amines) is 1. The van der Waals surface area contributed by atoms with Crippen LogP contribution >= 0.6 is 0 Å². The molecule has 0 saturated carbocycles. The lowest BCUT2D eigenvalue weighted by Crippen LogP contribution is -2.46. The lowest BCUT2D eigenvalue weighted by atomic mass is 10.0. The van der Waals surface area contributed by atoms with Crippen molar-refractivity contribution in [3.8, 4) is 0 Å². The number of nitrogens with zero attached hydrogens (tertiary/aromatic N) is 1. The fourth-order valence-electron chi connectivity index (χ4n) is 1.52. The molecule has 1 aliphatic heterocycles. The first-order chi connectivity index (χ1) is 5.70. The molecule has 1 unspecified atom stereocenters. The zero-order valence-corrected chi connectivity index (χ0v) is 7.62. The number of hydrogen-bond donors (Lipinski definition) is 2. The molecule has 0 bridgehead atoms. The standard InChI is InChI=1S/C8H18N2O2/c1-12-5-4-10-3-2-8(9,6-10)7-11/h11H,2-7,9H2,1H3. The van der Waals surface area contributed by atoms with Crippen LogP contribution in [0, 0.1) is 0 Å². The summed E-state index contributed by atoms with van der Waals surface area (Å²) in [6, 6.07) is 0. The minimum atomic E-state index is -0.367. The van der Waals surface area contributed by atoms with Crippen molar-refractivity contribution in [2.24, 2.45) is 5.73 Å². The van der Waals surface area contributed by atoms with Gasteiger partial charge in [0, 0.05) is 26.7 Å². The van der Waals surface area contributed by atoms with Crippen LogP contribution in [0.4, 0.5) is 0 Å². The molecule has 0 spiro atoms. The Morgan fingerprint density at radius 1 is 1.67 bits per heavy atom. The minimum absolute atomic E-state index is 0.0798. The first kappa shape index (κ1) is 9.92. The molecule has 4 nitrogen and oxygen atoms in total. The van der Waals surface area contributed by atoms with E-state index >= 15 is 0 Å². The van der Waals surface area contributed by atoms with Crippen molar-refractivity contribution >= 4 is 0 Å². The van der Waals surface area contributed by atoms with Crippen molar-refractivity contribution in [3.05, 3.63) is 0 Å². The number of methoxy groups -OCH3 is 1. The highest BCUT2D eigenvalue weighted by Crippen LogP contribution is 2.17. The summed E-state index contributed by atoms with van der Waals surface area (Å²) in [6.07, 6.45) is 0.882. The van der Waals surface area contributed by atoms with E-state index in [0.717, 1.165) is 32.7 Å². The molecule has 0 aromatic heterocycles. The Labute approximate surface area is 73.3 Å². The highest BCUT2D eigenvalue weighted by atomic mass is 16.5. The van der Waals surface area contributed by atoms with Crippen LogP contribution in [0.2, 0.25) is 0 Å². The summed E-state index contributed by atoms with van der Waals surface area (Å²) in [4.78, 5) is 2.22. The maximum Gasteiger partial charge on any atom is 0.0624 e. The molecule has 1 fully saturated rings. The van der Waals surface area contributed by atoms with E-state index in [4.69, 9.17) is 15.6 Å². The van der Waals surface area contributed by atoms with E-state index in [0.29, 0.717) is 0 Å². The summed E-state index contributed by atoms with van der Waals surface area (Å²) in [6.45, 7) is 3.49. The van der Waals surface area contributed by atoms with Crippen LogP contribution in [-0.4, -0.2) is 55.5 Å². The summed E-state index contributed by atoms with van der Waals surface area (Å²) >= 11 is 0. The Morgan fingerprint density at radius 2 is 2.42 bits per heavy atom. The normalized spacial score (nSPS) is 31.2. The number of aliphatic hydroxyl groups excluding tert-OH is 1. The molecule has 1 rings (SSSR count). The second-order valence-electron chi connectivity index (χ2n) is 3.54. The Morgan fingerprint density at radius 3 is 2.92 bits per heavy atom. The van der Waals surface area contributed by atoms with E-state index < -0.39 is 0 Å². The topological polar surface area (TPSA) is 58.7 Å². The van der Waals surface area contributed by atoms with Gasteiger partial charge in [0.05, 0.1) is 18.8 Å². The Hall–Kier alpha value is -0.160. The molecule has 0 aromatic carbocycles. The van der Waals surface area contributed by atoms with Gasteiger partial charge in [0.2, 0.25) is 0 Å². The monoisotopic (exact) mass is 174 g/mol. The van der Waals surface area contributed by atoms with Crippen molar-refractivity contribution < 1.29 is 9.84 Å². The molecule has 12 heavy (non-hydrogen) atoms. The zero-order chi connectivity index (χ0) is 9.03. The Bertz CT molecular complexity index is 141. The van der Waals surface area contributed by atoms with Gasteiger partial charge in [0.15, 0.2) is 0 Å². The van der Waals surface area contributed by atoms with E-state index in [1.165, 1.54) is 0 Å². The lowest BCUT2D eigenvalue weighted by molar-refractivity contribution is 0.149. The first-order valence-corrected chi connectivity index (χ1v) is 4.31. The average Bonchev–Trinajstić information content (AvgIpc) is 2.45. The molecule has 1 heterocycles. The quantitative estimate of drug-likeness (QED) is 0.575. The number of ether oxygens (including phenoxy) is 1. The van der Waals surface area contributed by atoms with Crippen LogP contribution in [0.1, 0.15) is 6.42 Å². The summed E-state index contributed by atoms with van der Waals surface area (Å²) in [5.41, 5.74) is 5.52. The van der Waals surface area contributed by atoms with Crippen molar-refractivity contribution in [2.45, 2.75) is 12.0 Å². The smallest absolute Gasteiger partial charge is 0.0624 e. The summed E-state index contributed by atoms with van der Waals surface area (Å²) in [5, 5.41) is 8.99. The van der Waals surface area contributed by atoms with Gasteiger partial charge in [-0.25, -0.2) is 0 Å². The van der Waals surface area contributed by atoms with Crippen molar-refractivity contribution in [1.29, 1.82) is 0 Å². The van der Waals surface area contributed by atoms with E-state index in [-0.39, 0.29) is 12.1 Å². The Balaban J connectivity index is 2.25. The van der Waals surface area contributed by atoms with E-state index in [1.807, 2.05) is 0 Å². The third kappa shape index (κ3) is 2.42. The molecule has 0 aliphatic carbocycles. The molecule has 4 heteroatoms. The third-order valence-corrected chi connectivity index (χ3v) is 2.39. The molecular weight excluding hydrogens is 156 g/mol. The fraction of sp³-hybridized carbons (Fsp3) is 1.00. The molecule has 0 aromatic rings. The maximum absolute atomic E-state index is 8.99. The number of nitrogens with two attached hydrogens (primary N) is 1. The zero-order valence-electron chi connectivity index (χ0n) is 7.62. The van der Waals surface area contributed by atoms with Crippen molar-refractivity contribution in [2.75, 3.05) is 40.0 Å². The van der Waals surface area contributed by atoms with E-state index in [1.54, 1.807) is 7.11 Å². The minimum Gasteiger partial charge on any atom is -0.394 e. The van der Waals surface area contributed by atoms with Gasteiger partial charge in [-0.1, -0.05) is 0 Å².